The molecule has 1 unspecified atom stereocenters. The van der Waals surface area contributed by atoms with Crippen LogP contribution in [0.5, 0.6) is 0 Å². The molecule has 6 atom stereocenters. The Bertz CT molecular complexity index is 649. The molecule has 0 radical (unpaired) electrons. The lowest BCUT2D eigenvalue weighted by Crippen LogP contribution is -2.58. The molecule has 7 N–H and O–H groups in total. The minimum atomic E-state index is -1.47. The summed E-state index contributed by atoms with van der Waals surface area (Å²) in [6.07, 6.45) is -6.16. The van der Waals surface area contributed by atoms with E-state index in [0.717, 1.165) is 5.56 Å². The second-order valence-corrected chi connectivity index (χ2v) is 5.86. The second-order valence-electron chi connectivity index (χ2n) is 5.86. The number of rotatable bonds is 4. The van der Waals surface area contributed by atoms with Gasteiger partial charge in [0.1, 0.15) is 36.6 Å². The lowest BCUT2D eigenvalue weighted by Gasteiger charge is -2.37. The maximum Gasteiger partial charge on any atom is 0.320 e. The molecular weight excluding hydrogens is 330 g/mol. The van der Waals surface area contributed by atoms with Crippen molar-refractivity contribution in [1.29, 1.82) is 0 Å². The molecule has 136 valence electrons. The predicted octanol–water partition coefficient (Wildman–Crippen LogP) is -2.17. The van der Waals surface area contributed by atoms with Gasteiger partial charge >= 0.3 is 5.97 Å². The van der Waals surface area contributed by atoms with Gasteiger partial charge < -0.3 is 36.0 Å². The Morgan fingerprint density at radius 1 is 1.16 bits per heavy atom. The SMILES string of the molecule is NC(Cc1ccc(C#C[C@@H]2O[C@H](CO)[C@H](O)[C@H](O)[C@H]2O)cc1)C(=O)O. The van der Waals surface area contributed by atoms with Gasteiger partial charge in [0, 0.05) is 5.56 Å². The Morgan fingerprint density at radius 2 is 1.80 bits per heavy atom. The molecule has 0 aromatic heterocycles. The van der Waals surface area contributed by atoms with E-state index in [1.807, 2.05) is 0 Å². The number of carboxylic acids is 1. The van der Waals surface area contributed by atoms with Gasteiger partial charge in [0.2, 0.25) is 0 Å². The van der Waals surface area contributed by atoms with Gasteiger partial charge in [-0.1, -0.05) is 24.0 Å². The number of aliphatic carboxylic acids is 1. The fourth-order valence-corrected chi connectivity index (χ4v) is 2.44. The summed E-state index contributed by atoms with van der Waals surface area (Å²) in [5, 5.41) is 47.2. The molecular formula is C17H21NO7. The molecule has 2 rings (SSSR count). The Hall–Kier alpha value is -1.99. The molecule has 8 heteroatoms. The third-order valence-corrected chi connectivity index (χ3v) is 3.98. The number of hydrogen-bond donors (Lipinski definition) is 6. The van der Waals surface area contributed by atoms with Crippen LogP contribution in [0, 0.1) is 11.8 Å². The summed E-state index contributed by atoms with van der Waals surface area (Å²) >= 11 is 0. The number of aliphatic hydroxyl groups excluding tert-OH is 4. The van der Waals surface area contributed by atoms with E-state index in [0.29, 0.717) is 5.56 Å². The zero-order valence-corrected chi connectivity index (χ0v) is 13.3. The highest BCUT2D eigenvalue weighted by atomic mass is 16.5. The third kappa shape index (κ3) is 4.76. The van der Waals surface area contributed by atoms with Crippen molar-refractivity contribution in [2.75, 3.05) is 6.61 Å². The van der Waals surface area contributed by atoms with Crippen molar-refractivity contribution in [3.63, 3.8) is 0 Å². The minimum absolute atomic E-state index is 0.190. The lowest BCUT2D eigenvalue weighted by molar-refractivity contribution is -0.214. The summed E-state index contributed by atoms with van der Waals surface area (Å²) in [5.41, 5.74) is 6.80. The summed E-state index contributed by atoms with van der Waals surface area (Å²) in [4.78, 5) is 10.7. The van der Waals surface area contributed by atoms with Crippen LogP contribution in [-0.4, -0.2) is 74.7 Å². The number of nitrogens with two attached hydrogens (primary N) is 1. The van der Waals surface area contributed by atoms with Crippen LogP contribution in [0.2, 0.25) is 0 Å². The fraction of sp³-hybridized carbons (Fsp3) is 0.471. The number of ether oxygens (including phenoxy) is 1. The van der Waals surface area contributed by atoms with Crippen molar-refractivity contribution in [3.8, 4) is 11.8 Å². The highest BCUT2D eigenvalue weighted by molar-refractivity contribution is 5.73. The van der Waals surface area contributed by atoms with E-state index in [-0.39, 0.29) is 6.42 Å². The molecule has 1 aromatic rings. The van der Waals surface area contributed by atoms with Gasteiger partial charge in [-0.2, -0.15) is 0 Å². The quantitative estimate of drug-likeness (QED) is 0.335. The maximum absolute atomic E-state index is 10.7. The molecule has 1 fully saturated rings. The maximum atomic E-state index is 10.7. The average molecular weight is 351 g/mol. The minimum Gasteiger partial charge on any atom is -0.480 e. The van der Waals surface area contributed by atoms with Crippen LogP contribution in [0.25, 0.3) is 0 Å². The molecule has 0 amide bonds. The van der Waals surface area contributed by atoms with Crippen LogP contribution in [0.3, 0.4) is 0 Å². The largest absolute Gasteiger partial charge is 0.480 e. The van der Waals surface area contributed by atoms with Gasteiger partial charge in [-0.05, 0) is 24.1 Å². The fourth-order valence-electron chi connectivity index (χ4n) is 2.44. The first kappa shape index (κ1) is 19.3. The number of benzene rings is 1. The molecule has 1 heterocycles. The zero-order valence-electron chi connectivity index (χ0n) is 13.3. The molecule has 0 saturated carbocycles. The first-order chi connectivity index (χ1) is 11.8. The molecule has 0 spiro atoms. The second kappa shape index (κ2) is 8.40. The number of carbonyl (C=O) groups is 1. The predicted molar refractivity (Wildman–Crippen MR) is 86.4 cm³/mol. The molecule has 1 aliphatic rings. The van der Waals surface area contributed by atoms with Gasteiger partial charge in [-0.3, -0.25) is 4.79 Å². The summed E-state index contributed by atoms with van der Waals surface area (Å²) in [6.45, 7) is -0.512. The average Bonchev–Trinajstić information content (AvgIpc) is 2.60. The zero-order chi connectivity index (χ0) is 18.6. The van der Waals surface area contributed by atoms with E-state index in [4.69, 9.17) is 20.7 Å². The normalized spacial score (nSPS) is 30.2. The van der Waals surface area contributed by atoms with E-state index in [1.54, 1.807) is 24.3 Å². The van der Waals surface area contributed by atoms with Crippen molar-refractivity contribution < 1.29 is 35.1 Å². The smallest absolute Gasteiger partial charge is 0.320 e. The van der Waals surface area contributed by atoms with E-state index in [2.05, 4.69) is 11.8 Å². The van der Waals surface area contributed by atoms with Crippen molar-refractivity contribution in [3.05, 3.63) is 35.4 Å². The summed E-state index contributed by atoms with van der Waals surface area (Å²) < 4.78 is 5.29. The standard InChI is InChI=1S/C17H21NO7/c18-11(17(23)24)7-10-3-1-9(2-4-10)5-6-12-14(20)16(22)15(21)13(8-19)25-12/h1-4,11-16,19-22H,7-8,18H2,(H,23,24)/t11?,12-,13+,14-,15-,16+/m0/s1. The van der Waals surface area contributed by atoms with Crippen LogP contribution in [0.15, 0.2) is 24.3 Å². The van der Waals surface area contributed by atoms with E-state index >= 15 is 0 Å². The van der Waals surface area contributed by atoms with Crippen molar-refractivity contribution in [2.45, 2.75) is 43.0 Å². The molecule has 1 saturated heterocycles. The highest BCUT2D eigenvalue weighted by Crippen LogP contribution is 2.20. The van der Waals surface area contributed by atoms with E-state index in [1.165, 1.54) is 0 Å². The summed E-state index contributed by atoms with van der Waals surface area (Å²) in [6, 6.07) is 5.74. The number of hydrogen-bond acceptors (Lipinski definition) is 7. The first-order valence-corrected chi connectivity index (χ1v) is 7.73. The molecule has 8 nitrogen and oxygen atoms in total. The third-order valence-electron chi connectivity index (χ3n) is 3.98. The number of aliphatic hydroxyl groups is 4. The monoisotopic (exact) mass is 351 g/mol. The Balaban J connectivity index is 2.06. The molecule has 1 aromatic carbocycles. The van der Waals surface area contributed by atoms with Gasteiger partial charge in [-0.15, -0.1) is 0 Å². The molecule has 25 heavy (non-hydrogen) atoms. The van der Waals surface area contributed by atoms with Gasteiger partial charge in [0.25, 0.3) is 0 Å². The van der Waals surface area contributed by atoms with Crippen LogP contribution in [0.4, 0.5) is 0 Å². The Morgan fingerprint density at radius 3 is 2.36 bits per heavy atom. The van der Waals surface area contributed by atoms with Gasteiger partial charge in [0.15, 0.2) is 0 Å². The Labute approximate surface area is 144 Å². The van der Waals surface area contributed by atoms with Gasteiger partial charge in [-0.25, -0.2) is 0 Å². The molecule has 0 bridgehead atoms. The molecule has 0 aliphatic carbocycles. The van der Waals surface area contributed by atoms with Crippen molar-refractivity contribution in [1.82, 2.24) is 0 Å². The lowest BCUT2D eigenvalue weighted by atomic mass is 9.95. The molecule has 1 aliphatic heterocycles. The van der Waals surface area contributed by atoms with Gasteiger partial charge in [0.05, 0.1) is 6.61 Å². The van der Waals surface area contributed by atoms with E-state index < -0.39 is 49.1 Å². The van der Waals surface area contributed by atoms with Crippen molar-refractivity contribution >= 4 is 5.97 Å². The van der Waals surface area contributed by atoms with Crippen molar-refractivity contribution in [2.24, 2.45) is 5.73 Å². The van der Waals surface area contributed by atoms with Crippen LogP contribution < -0.4 is 5.73 Å². The first-order valence-electron chi connectivity index (χ1n) is 7.73. The Kier molecular flexibility index (Phi) is 6.50. The summed E-state index contributed by atoms with van der Waals surface area (Å²) in [5.74, 6) is 4.35. The van der Waals surface area contributed by atoms with Crippen LogP contribution in [-0.2, 0) is 16.0 Å². The van der Waals surface area contributed by atoms with Crippen LogP contribution in [0.1, 0.15) is 11.1 Å². The van der Waals surface area contributed by atoms with Crippen LogP contribution >= 0.6 is 0 Å². The van der Waals surface area contributed by atoms with E-state index in [9.17, 15) is 20.1 Å². The highest BCUT2D eigenvalue weighted by Gasteiger charge is 2.42. The topological polar surface area (TPSA) is 153 Å². The number of carboxylic acid groups (broad SMARTS) is 1. The summed E-state index contributed by atoms with van der Waals surface area (Å²) in [7, 11) is 0.